The smallest absolute Gasteiger partial charge is 0.348 e. The minimum atomic E-state index is -0.568. The van der Waals surface area contributed by atoms with Gasteiger partial charge in [0.25, 0.3) is 0 Å². The summed E-state index contributed by atoms with van der Waals surface area (Å²) in [4.78, 5) is 36.9. The Hall–Kier alpha value is -2.98. The molecule has 1 heterocycles. The summed E-state index contributed by atoms with van der Waals surface area (Å²) in [6.45, 7) is 7.45. The monoisotopic (exact) mass is 464 g/mol. The zero-order valence-electron chi connectivity index (χ0n) is 17.7. The van der Waals surface area contributed by atoms with E-state index in [0.717, 1.165) is 11.3 Å². The van der Waals surface area contributed by atoms with E-state index in [2.05, 4.69) is 10.6 Å². The molecule has 0 amide bonds. The lowest BCUT2D eigenvalue weighted by Gasteiger charge is -2.12. The fourth-order valence-electron chi connectivity index (χ4n) is 2.65. The van der Waals surface area contributed by atoms with Crippen LogP contribution >= 0.6 is 23.6 Å². The quantitative estimate of drug-likeness (QED) is 0.334. The summed E-state index contributed by atoms with van der Waals surface area (Å²) in [5.41, 5.74) is 1.61. The van der Waals surface area contributed by atoms with Crippen molar-refractivity contribution in [1.82, 2.24) is 0 Å². The van der Waals surface area contributed by atoms with Crippen molar-refractivity contribution in [2.75, 3.05) is 30.5 Å². The Kier molecular flexibility index (Phi) is 8.95. The number of hydrogen-bond acceptors (Lipinski definition) is 8. The minimum Gasteiger partial charge on any atom is -0.462 e. The van der Waals surface area contributed by atoms with Crippen LogP contribution in [0.3, 0.4) is 0 Å². The van der Waals surface area contributed by atoms with E-state index >= 15 is 0 Å². The fraction of sp³-hybridized carbons (Fsp3) is 0.333. The number of anilines is 2. The van der Waals surface area contributed by atoms with Crippen molar-refractivity contribution in [2.24, 2.45) is 0 Å². The largest absolute Gasteiger partial charge is 0.462 e. The topological polar surface area (TPSA) is 103 Å². The lowest BCUT2D eigenvalue weighted by Crippen LogP contribution is -2.20. The number of esters is 3. The average Bonchev–Trinajstić information content (AvgIpc) is 3.04. The predicted molar refractivity (Wildman–Crippen MR) is 123 cm³/mol. The highest BCUT2D eigenvalue weighted by atomic mass is 32.1. The van der Waals surface area contributed by atoms with Crippen molar-refractivity contribution in [2.45, 2.75) is 27.7 Å². The second-order valence-electron chi connectivity index (χ2n) is 6.08. The van der Waals surface area contributed by atoms with Crippen molar-refractivity contribution in [3.63, 3.8) is 0 Å². The van der Waals surface area contributed by atoms with Gasteiger partial charge in [-0.25, -0.2) is 14.4 Å². The summed E-state index contributed by atoms with van der Waals surface area (Å²) in [5, 5.41) is 6.43. The van der Waals surface area contributed by atoms with Gasteiger partial charge in [0, 0.05) is 5.69 Å². The molecule has 1 aromatic heterocycles. The molecular weight excluding hydrogens is 440 g/mol. The number of ether oxygens (including phenoxy) is 3. The molecular formula is C21H24N2O6S2. The number of thiocarbonyl (C=S) groups is 1. The second-order valence-corrected chi connectivity index (χ2v) is 7.51. The van der Waals surface area contributed by atoms with Gasteiger partial charge < -0.3 is 24.8 Å². The number of carbonyl (C=O) groups is 3. The molecule has 0 spiro atoms. The summed E-state index contributed by atoms with van der Waals surface area (Å²) in [7, 11) is 0. The molecule has 0 bridgehead atoms. The Morgan fingerprint density at radius 2 is 1.55 bits per heavy atom. The number of rotatable bonds is 8. The van der Waals surface area contributed by atoms with E-state index in [1.165, 1.54) is 0 Å². The fourth-order valence-corrected chi connectivity index (χ4v) is 4.02. The number of thiophene rings is 1. The molecule has 0 aliphatic heterocycles. The van der Waals surface area contributed by atoms with Gasteiger partial charge >= 0.3 is 17.9 Å². The zero-order valence-corrected chi connectivity index (χ0v) is 19.3. The Labute approximate surface area is 189 Å². The molecule has 166 valence electrons. The van der Waals surface area contributed by atoms with E-state index in [9.17, 15) is 14.4 Å². The molecule has 0 aliphatic rings. The Morgan fingerprint density at radius 1 is 0.935 bits per heavy atom. The molecule has 0 saturated carbocycles. The van der Waals surface area contributed by atoms with Crippen LogP contribution in [-0.4, -0.2) is 42.8 Å². The Balaban J connectivity index is 2.26. The molecule has 2 aromatic rings. The van der Waals surface area contributed by atoms with Gasteiger partial charge in [-0.05, 0) is 63.7 Å². The first kappa shape index (κ1) is 24.3. The van der Waals surface area contributed by atoms with Crippen LogP contribution in [0.5, 0.6) is 0 Å². The lowest BCUT2D eigenvalue weighted by molar-refractivity contribution is 0.0514. The molecule has 31 heavy (non-hydrogen) atoms. The maximum atomic E-state index is 12.5. The summed E-state index contributed by atoms with van der Waals surface area (Å²) in [6, 6.07) is 6.65. The summed E-state index contributed by atoms with van der Waals surface area (Å²) >= 11 is 6.41. The number of nitrogens with one attached hydrogen (secondary N) is 2. The Morgan fingerprint density at radius 3 is 2.19 bits per heavy atom. The molecule has 2 N–H and O–H groups in total. The van der Waals surface area contributed by atoms with Gasteiger partial charge in [0.15, 0.2) is 5.11 Å². The molecule has 2 rings (SSSR count). The summed E-state index contributed by atoms with van der Waals surface area (Å²) < 4.78 is 15.2. The van der Waals surface area contributed by atoms with Gasteiger partial charge in [-0.2, -0.15) is 0 Å². The van der Waals surface area contributed by atoms with Crippen LogP contribution < -0.4 is 10.6 Å². The normalized spacial score (nSPS) is 10.2. The van der Waals surface area contributed by atoms with Gasteiger partial charge in [0.1, 0.15) is 9.88 Å². The highest BCUT2D eigenvalue weighted by Crippen LogP contribution is 2.34. The third-order valence-corrected chi connectivity index (χ3v) is 5.34. The van der Waals surface area contributed by atoms with Crippen LogP contribution in [0.25, 0.3) is 0 Å². The van der Waals surface area contributed by atoms with Crippen molar-refractivity contribution >= 4 is 57.3 Å². The third kappa shape index (κ3) is 6.25. The second kappa shape index (κ2) is 11.4. The van der Waals surface area contributed by atoms with E-state index in [-0.39, 0.29) is 30.5 Å². The Bertz CT molecular complexity index is 986. The van der Waals surface area contributed by atoms with Crippen molar-refractivity contribution < 1.29 is 28.6 Å². The van der Waals surface area contributed by atoms with Gasteiger partial charge in [-0.15, -0.1) is 11.3 Å². The highest BCUT2D eigenvalue weighted by molar-refractivity contribution is 7.80. The summed E-state index contributed by atoms with van der Waals surface area (Å²) in [6.07, 6.45) is 0. The molecule has 0 fully saturated rings. The first-order valence-electron chi connectivity index (χ1n) is 9.65. The van der Waals surface area contributed by atoms with Crippen LogP contribution in [0.1, 0.15) is 56.7 Å². The maximum Gasteiger partial charge on any atom is 0.348 e. The molecule has 0 atom stereocenters. The molecule has 0 saturated heterocycles. The van der Waals surface area contributed by atoms with E-state index in [0.29, 0.717) is 26.7 Å². The van der Waals surface area contributed by atoms with Gasteiger partial charge in [0.2, 0.25) is 0 Å². The van der Waals surface area contributed by atoms with Crippen LogP contribution in [0, 0.1) is 6.92 Å². The standard InChI is InChI=1S/C21H24N2O6S2/c1-5-27-18(24)13-9-8-10-14(11-13)22-21(30)23-17-15(19(25)28-6-2)12(4)16(31-17)20(26)29-7-3/h8-11H,5-7H2,1-4H3,(H2,22,23,30). The van der Waals surface area contributed by atoms with Gasteiger partial charge in [-0.3, -0.25) is 0 Å². The minimum absolute atomic E-state index is 0.170. The van der Waals surface area contributed by atoms with Crippen LogP contribution in [0.15, 0.2) is 24.3 Å². The van der Waals surface area contributed by atoms with E-state index in [4.69, 9.17) is 26.4 Å². The molecule has 0 aliphatic carbocycles. The molecule has 10 heteroatoms. The molecule has 1 aromatic carbocycles. The predicted octanol–water partition coefficient (Wildman–Crippen LogP) is 4.40. The molecule has 0 radical (unpaired) electrons. The SMILES string of the molecule is CCOC(=O)c1cccc(NC(=S)Nc2sc(C(=O)OCC)c(C)c2C(=O)OCC)c1. The number of carbonyl (C=O) groups excluding carboxylic acids is 3. The number of hydrogen-bond donors (Lipinski definition) is 2. The third-order valence-electron chi connectivity index (χ3n) is 3.95. The van der Waals surface area contributed by atoms with E-state index in [1.54, 1.807) is 52.0 Å². The van der Waals surface area contributed by atoms with Gasteiger partial charge in [0.05, 0.1) is 30.9 Å². The first-order chi connectivity index (χ1) is 14.8. The van der Waals surface area contributed by atoms with E-state index in [1.807, 2.05) is 0 Å². The summed E-state index contributed by atoms with van der Waals surface area (Å²) in [5.74, 6) is -1.53. The van der Waals surface area contributed by atoms with Crippen molar-refractivity contribution in [3.8, 4) is 0 Å². The zero-order chi connectivity index (χ0) is 23.0. The average molecular weight is 465 g/mol. The molecule has 8 nitrogen and oxygen atoms in total. The highest BCUT2D eigenvalue weighted by Gasteiger charge is 2.26. The van der Waals surface area contributed by atoms with Gasteiger partial charge in [-0.1, -0.05) is 6.07 Å². The number of benzene rings is 1. The lowest BCUT2D eigenvalue weighted by atomic mass is 10.1. The van der Waals surface area contributed by atoms with E-state index < -0.39 is 17.9 Å². The first-order valence-corrected chi connectivity index (χ1v) is 10.9. The van der Waals surface area contributed by atoms with Crippen LogP contribution in [0.4, 0.5) is 10.7 Å². The van der Waals surface area contributed by atoms with Crippen molar-refractivity contribution in [1.29, 1.82) is 0 Å². The van der Waals surface area contributed by atoms with Crippen LogP contribution in [0.2, 0.25) is 0 Å². The maximum absolute atomic E-state index is 12.5. The molecule has 0 unspecified atom stereocenters. The van der Waals surface area contributed by atoms with Crippen molar-refractivity contribution in [3.05, 3.63) is 45.8 Å². The van der Waals surface area contributed by atoms with Crippen LogP contribution in [-0.2, 0) is 14.2 Å².